The minimum absolute atomic E-state index is 0.000367. The largest absolute Gasteiger partial charge is 0.354 e. The molecule has 4 aromatic carbocycles. The quantitative estimate of drug-likeness (QED) is 0.189. The van der Waals surface area contributed by atoms with Crippen LogP contribution in [0.4, 0.5) is 5.69 Å². The van der Waals surface area contributed by atoms with Crippen LogP contribution in [0.2, 0.25) is 5.02 Å². The molecular formula is C35H38ClN3O4S. The minimum Gasteiger partial charge on any atom is -0.354 e. The smallest absolute Gasteiger partial charge is 0.264 e. The zero-order valence-electron chi connectivity index (χ0n) is 25.2. The number of hydrogen-bond donors (Lipinski definition) is 1. The van der Waals surface area contributed by atoms with Crippen molar-refractivity contribution in [3.05, 3.63) is 131 Å². The Morgan fingerprint density at radius 1 is 0.795 bits per heavy atom. The van der Waals surface area contributed by atoms with Gasteiger partial charge < -0.3 is 10.2 Å². The number of hydrogen-bond acceptors (Lipinski definition) is 4. The van der Waals surface area contributed by atoms with E-state index >= 15 is 0 Å². The Hall–Kier alpha value is -4.14. The van der Waals surface area contributed by atoms with Crippen LogP contribution in [0.3, 0.4) is 0 Å². The van der Waals surface area contributed by atoms with Crippen molar-refractivity contribution in [3.63, 3.8) is 0 Å². The molecule has 44 heavy (non-hydrogen) atoms. The molecule has 0 heterocycles. The topological polar surface area (TPSA) is 86.8 Å². The normalized spacial score (nSPS) is 12.0. The molecule has 1 N–H and O–H groups in total. The van der Waals surface area contributed by atoms with Gasteiger partial charge in [-0.1, -0.05) is 104 Å². The summed E-state index contributed by atoms with van der Waals surface area (Å²) in [4.78, 5) is 29.7. The average Bonchev–Trinajstić information content (AvgIpc) is 3.02. The Balaban J connectivity index is 1.78. The Labute approximate surface area is 265 Å². The van der Waals surface area contributed by atoms with Gasteiger partial charge in [0.05, 0.1) is 10.6 Å². The van der Waals surface area contributed by atoms with Crippen molar-refractivity contribution in [2.24, 2.45) is 5.92 Å². The third kappa shape index (κ3) is 8.71. The molecule has 4 aromatic rings. The van der Waals surface area contributed by atoms with Gasteiger partial charge >= 0.3 is 0 Å². The van der Waals surface area contributed by atoms with Gasteiger partial charge in [0, 0.05) is 24.5 Å². The molecule has 0 aliphatic carbocycles. The molecule has 9 heteroatoms. The Kier molecular flexibility index (Phi) is 11.2. The van der Waals surface area contributed by atoms with Crippen LogP contribution in [0.5, 0.6) is 0 Å². The Morgan fingerprint density at radius 2 is 1.36 bits per heavy atom. The molecule has 4 rings (SSSR count). The lowest BCUT2D eigenvalue weighted by atomic mass is 10.0. The standard InChI is InChI=1S/C35H38ClN3O4S/c1-26(2)23-37-35(41)33(22-28-10-6-4-7-11-28)38(24-29-12-8-5-9-13-29)34(40)25-39(31-18-14-27(3)15-19-31)44(42,43)32-20-16-30(36)17-21-32/h4-21,26,33H,22-25H2,1-3H3,(H,37,41). The summed E-state index contributed by atoms with van der Waals surface area (Å²) in [5.41, 5.74) is 2.98. The molecule has 2 amide bonds. The Morgan fingerprint density at radius 3 is 1.93 bits per heavy atom. The summed E-state index contributed by atoms with van der Waals surface area (Å²) in [5.74, 6) is -0.599. The predicted octanol–water partition coefficient (Wildman–Crippen LogP) is 6.26. The Bertz CT molecular complexity index is 1630. The second-order valence-electron chi connectivity index (χ2n) is 11.2. The van der Waals surface area contributed by atoms with Crippen molar-refractivity contribution < 1.29 is 18.0 Å². The van der Waals surface area contributed by atoms with E-state index in [1.54, 1.807) is 24.3 Å². The molecule has 1 atom stereocenters. The van der Waals surface area contributed by atoms with Crippen molar-refractivity contribution in [3.8, 4) is 0 Å². The van der Waals surface area contributed by atoms with Gasteiger partial charge in [0.15, 0.2) is 0 Å². The molecule has 0 aliphatic rings. The third-order valence-corrected chi connectivity index (χ3v) is 9.19. The second kappa shape index (κ2) is 15.0. The maximum Gasteiger partial charge on any atom is 0.264 e. The molecule has 230 valence electrons. The number of carbonyl (C=O) groups excluding carboxylic acids is 2. The highest BCUT2D eigenvalue weighted by molar-refractivity contribution is 7.92. The highest BCUT2D eigenvalue weighted by atomic mass is 35.5. The van der Waals surface area contributed by atoms with Gasteiger partial charge in [-0.15, -0.1) is 0 Å². The van der Waals surface area contributed by atoms with E-state index in [0.29, 0.717) is 17.3 Å². The van der Waals surface area contributed by atoms with Gasteiger partial charge in [0.25, 0.3) is 10.0 Å². The lowest BCUT2D eigenvalue weighted by molar-refractivity contribution is -0.140. The number of anilines is 1. The van der Waals surface area contributed by atoms with Crippen molar-refractivity contribution in [2.45, 2.75) is 44.7 Å². The first-order valence-corrected chi connectivity index (χ1v) is 16.4. The van der Waals surface area contributed by atoms with Gasteiger partial charge in [-0.3, -0.25) is 13.9 Å². The summed E-state index contributed by atoms with van der Waals surface area (Å²) in [6.07, 6.45) is 0.262. The van der Waals surface area contributed by atoms with Crippen LogP contribution in [0, 0.1) is 12.8 Å². The average molecular weight is 632 g/mol. The van der Waals surface area contributed by atoms with E-state index in [1.807, 2.05) is 81.4 Å². The number of sulfonamides is 1. The summed E-state index contributed by atoms with van der Waals surface area (Å²) >= 11 is 6.05. The number of aryl methyl sites for hydroxylation is 1. The summed E-state index contributed by atoms with van der Waals surface area (Å²) in [5, 5.41) is 3.39. The van der Waals surface area contributed by atoms with Crippen molar-refractivity contribution in [2.75, 3.05) is 17.4 Å². The van der Waals surface area contributed by atoms with E-state index in [4.69, 9.17) is 11.6 Å². The van der Waals surface area contributed by atoms with Crippen LogP contribution in [0.1, 0.15) is 30.5 Å². The fourth-order valence-electron chi connectivity index (χ4n) is 4.73. The summed E-state index contributed by atoms with van der Waals surface area (Å²) in [6.45, 7) is 5.95. The van der Waals surface area contributed by atoms with E-state index in [2.05, 4.69) is 5.32 Å². The fourth-order valence-corrected chi connectivity index (χ4v) is 6.27. The van der Waals surface area contributed by atoms with Crippen molar-refractivity contribution in [1.82, 2.24) is 10.2 Å². The highest BCUT2D eigenvalue weighted by Gasteiger charge is 2.34. The van der Waals surface area contributed by atoms with Gasteiger partial charge in [0.2, 0.25) is 11.8 Å². The highest BCUT2D eigenvalue weighted by Crippen LogP contribution is 2.26. The van der Waals surface area contributed by atoms with E-state index < -0.39 is 28.5 Å². The minimum atomic E-state index is -4.18. The number of amides is 2. The number of carbonyl (C=O) groups is 2. The maximum absolute atomic E-state index is 14.4. The number of halogens is 1. The lowest BCUT2D eigenvalue weighted by Gasteiger charge is -2.34. The number of nitrogens with zero attached hydrogens (tertiary/aromatic N) is 2. The molecule has 7 nitrogen and oxygen atoms in total. The fraction of sp³-hybridized carbons (Fsp3) is 0.257. The number of nitrogens with one attached hydrogen (secondary N) is 1. The molecule has 0 aliphatic heterocycles. The molecular weight excluding hydrogens is 594 g/mol. The monoisotopic (exact) mass is 631 g/mol. The van der Waals surface area contributed by atoms with E-state index in [1.165, 1.54) is 29.2 Å². The molecule has 0 aromatic heterocycles. The zero-order chi connectivity index (χ0) is 31.7. The third-order valence-electron chi connectivity index (χ3n) is 7.15. The van der Waals surface area contributed by atoms with E-state index in [0.717, 1.165) is 21.0 Å². The second-order valence-corrected chi connectivity index (χ2v) is 13.5. The maximum atomic E-state index is 14.4. The SMILES string of the molecule is Cc1ccc(N(CC(=O)N(Cc2ccccc2)C(Cc2ccccc2)C(=O)NCC(C)C)S(=O)(=O)c2ccc(Cl)cc2)cc1. The molecule has 0 saturated heterocycles. The van der Waals surface area contributed by atoms with Gasteiger partial charge in [-0.2, -0.15) is 0 Å². The zero-order valence-corrected chi connectivity index (χ0v) is 26.8. The molecule has 0 saturated carbocycles. The summed E-state index contributed by atoms with van der Waals surface area (Å²) < 4.78 is 29.2. The summed E-state index contributed by atoms with van der Waals surface area (Å²) in [7, 11) is -4.18. The van der Waals surface area contributed by atoms with Crippen molar-refractivity contribution >= 4 is 39.1 Å². The molecule has 0 radical (unpaired) electrons. The van der Waals surface area contributed by atoms with Crippen LogP contribution in [0.25, 0.3) is 0 Å². The summed E-state index contributed by atoms with van der Waals surface area (Å²) in [6, 6.07) is 30.8. The van der Waals surface area contributed by atoms with Crippen molar-refractivity contribution in [1.29, 1.82) is 0 Å². The van der Waals surface area contributed by atoms with Gasteiger partial charge in [-0.25, -0.2) is 8.42 Å². The van der Waals surface area contributed by atoms with Gasteiger partial charge in [-0.05, 0) is 60.4 Å². The molecule has 0 fully saturated rings. The van der Waals surface area contributed by atoms with Crippen LogP contribution in [-0.4, -0.2) is 44.3 Å². The first kappa shape index (κ1) is 32.8. The van der Waals surface area contributed by atoms with Crippen LogP contribution in [-0.2, 0) is 32.6 Å². The number of rotatable bonds is 13. The number of benzene rings is 4. The molecule has 0 bridgehead atoms. The van der Waals surface area contributed by atoms with Crippen LogP contribution in [0.15, 0.2) is 114 Å². The van der Waals surface area contributed by atoms with Gasteiger partial charge in [0.1, 0.15) is 12.6 Å². The van der Waals surface area contributed by atoms with E-state index in [9.17, 15) is 18.0 Å². The molecule has 1 unspecified atom stereocenters. The lowest BCUT2D eigenvalue weighted by Crippen LogP contribution is -2.53. The molecule has 0 spiro atoms. The predicted molar refractivity (Wildman–Crippen MR) is 176 cm³/mol. The first-order chi connectivity index (χ1) is 21.0. The van der Waals surface area contributed by atoms with Crippen LogP contribution >= 0.6 is 11.6 Å². The van der Waals surface area contributed by atoms with E-state index in [-0.39, 0.29) is 29.7 Å². The first-order valence-electron chi connectivity index (χ1n) is 14.5. The van der Waals surface area contributed by atoms with Crippen LogP contribution < -0.4 is 9.62 Å².